The van der Waals surface area contributed by atoms with Crippen LogP contribution < -0.4 is 0 Å². The van der Waals surface area contributed by atoms with E-state index < -0.39 is 12.6 Å². The molecule has 1 fully saturated rings. The summed E-state index contributed by atoms with van der Waals surface area (Å²) in [6.45, 7) is 1.24. The van der Waals surface area contributed by atoms with Crippen molar-refractivity contribution in [1.29, 1.82) is 0 Å². The Morgan fingerprint density at radius 1 is 1.06 bits per heavy atom. The third-order valence-electron chi connectivity index (χ3n) is 3.37. The molecule has 0 aromatic rings. The van der Waals surface area contributed by atoms with Crippen LogP contribution in [-0.2, 0) is 0 Å². The van der Waals surface area contributed by atoms with Gasteiger partial charge in [0.15, 0.2) is 0 Å². The summed E-state index contributed by atoms with van der Waals surface area (Å²) in [5, 5.41) is 0. The molecule has 1 aliphatic rings. The quantitative estimate of drug-likeness (QED) is 0.655. The van der Waals surface area contributed by atoms with E-state index in [1.165, 1.54) is 19.3 Å². The minimum Gasteiger partial charge on any atom is -0.299 e. The van der Waals surface area contributed by atoms with Gasteiger partial charge in [-0.3, -0.25) is 4.90 Å². The van der Waals surface area contributed by atoms with Gasteiger partial charge in [-0.05, 0) is 25.8 Å². The zero-order chi connectivity index (χ0) is 12.7. The van der Waals surface area contributed by atoms with E-state index in [-0.39, 0.29) is 6.42 Å². The van der Waals surface area contributed by atoms with Gasteiger partial charge < -0.3 is 0 Å². The lowest BCUT2D eigenvalue weighted by Gasteiger charge is -2.34. The van der Waals surface area contributed by atoms with Gasteiger partial charge in [0, 0.05) is 24.9 Å². The van der Waals surface area contributed by atoms with Crippen LogP contribution >= 0.6 is 11.6 Å². The van der Waals surface area contributed by atoms with Crippen molar-refractivity contribution >= 4 is 11.6 Å². The maximum atomic E-state index is 12.1. The van der Waals surface area contributed by atoms with Gasteiger partial charge in [0.2, 0.25) is 0 Å². The van der Waals surface area contributed by atoms with E-state index in [1.54, 1.807) is 0 Å². The van der Waals surface area contributed by atoms with E-state index >= 15 is 0 Å². The fourth-order valence-corrected chi connectivity index (χ4v) is 2.73. The van der Waals surface area contributed by atoms with Gasteiger partial charge in [0.25, 0.3) is 0 Å². The van der Waals surface area contributed by atoms with E-state index in [1.807, 2.05) is 0 Å². The first-order chi connectivity index (χ1) is 8.03. The summed E-state index contributed by atoms with van der Waals surface area (Å²) >= 11 is 5.72. The molecular weight excluding hydrogens is 251 g/mol. The number of nitrogens with zero attached hydrogens (tertiary/aromatic N) is 1. The number of hydrogen-bond donors (Lipinski definition) is 0. The second-order valence-corrected chi connectivity index (χ2v) is 5.11. The largest absolute Gasteiger partial charge is 0.389 e. The van der Waals surface area contributed by atoms with Crippen LogP contribution in [0.25, 0.3) is 0 Å². The van der Waals surface area contributed by atoms with Crippen molar-refractivity contribution in [3.8, 4) is 0 Å². The van der Waals surface area contributed by atoms with Crippen molar-refractivity contribution in [3.63, 3.8) is 0 Å². The molecule has 0 saturated heterocycles. The average Bonchev–Trinajstić information content (AvgIpc) is 2.27. The third-order valence-corrected chi connectivity index (χ3v) is 3.54. The Morgan fingerprint density at radius 3 is 2.24 bits per heavy atom. The van der Waals surface area contributed by atoms with Crippen LogP contribution in [0.3, 0.4) is 0 Å². The van der Waals surface area contributed by atoms with Gasteiger partial charge >= 0.3 is 6.18 Å². The zero-order valence-corrected chi connectivity index (χ0v) is 10.9. The number of rotatable bonds is 6. The van der Waals surface area contributed by atoms with E-state index in [9.17, 15) is 13.2 Å². The lowest BCUT2D eigenvalue weighted by Crippen LogP contribution is -2.39. The molecule has 1 saturated carbocycles. The van der Waals surface area contributed by atoms with Crippen LogP contribution in [0.15, 0.2) is 0 Å². The molecule has 102 valence electrons. The normalized spacial score (nSPS) is 18.9. The monoisotopic (exact) mass is 271 g/mol. The lowest BCUT2D eigenvalue weighted by atomic mass is 9.94. The Kier molecular flexibility index (Phi) is 6.63. The maximum absolute atomic E-state index is 12.1. The molecule has 1 aliphatic carbocycles. The zero-order valence-electron chi connectivity index (χ0n) is 10.1. The van der Waals surface area contributed by atoms with E-state index in [0.29, 0.717) is 25.0 Å². The summed E-state index contributed by atoms with van der Waals surface area (Å²) in [6.07, 6.45) is 1.36. The molecule has 0 spiro atoms. The van der Waals surface area contributed by atoms with Crippen molar-refractivity contribution in [2.75, 3.05) is 19.0 Å². The predicted molar refractivity (Wildman–Crippen MR) is 64.5 cm³/mol. The average molecular weight is 272 g/mol. The van der Waals surface area contributed by atoms with Gasteiger partial charge in [-0.1, -0.05) is 19.3 Å². The smallest absolute Gasteiger partial charge is 0.299 e. The van der Waals surface area contributed by atoms with Crippen LogP contribution in [0.5, 0.6) is 0 Å². The molecule has 0 aromatic heterocycles. The highest BCUT2D eigenvalue weighted by Gasteiger charge is 2.27. The first-order valence-electron chi connectivity index (χ1n) is 6.39. The Morgan fingerprint density at radius 2 is 1.71 bits per heavy atom. The molecule has 0 aromatic carbocycles. The first kappa shape index (κ1) is 15.1. The first-order valence-corrected chi connectivity index (χ1v) is 6.93. The van der Waals surface area contributed by atoms with Gasteiger partial charge in [-0.2, -0.15) is 13.2 Å². The Labute approximate surface area is 106 Å². The van der Waals surface area contributed by atoms with Gasteiger partial charge in [0.1, 0.15) is 0 Å². The minimum atomic E-state index is -4.03. The summed E-state index contributed by atoms with van der Waals surface area (Å²) in [6, 6.07) is 0.454. The topological polar surface area (TPSA) is 3.24 Å². The highest BCUT2D eigenvalue weighted by Crippen LogP contribution is 2.25. The lowest BCUT2D eigenvalue weighted by molar-refractivity contribution is -0.136. The summed E-state index contributed by atoms with van der Waals surface area (Å²) < 4.78 is 36.3. The molecule has 0 amide bonds. The van der Waals surface area contributed by atoms with Crippen LogP contribution in [0.1, 0.15) is 44.9 Å². The molecule has 0 heterocycles. The van der Waals surface area contributed by atoms with Gasteiger partial charge in [0.05, 0.1) is 0 Å². The molecule has 17 heavy (non-hydrogen) atoms. The fraction of sp³-hybridized carbons (Fsp3) is 1.00. The molecule has 1 rings (SSSR count). The minimum absolute atomic E-state index is 0.191. The number of halogens is 4. The fourth-order valence-electron chi connectivity index (χ4n) is 2.51. The molecule has 0 unspecified atom stereocenters. The van der Waals surface area contributed by atoms with E-state index in [0.717, 1.165) is 12.8 Å². The van der Waals surface area contributed by atoms with Crippen LogP contribution in [0, 0.1) is 0 Å². The molecule has 5 heteroatoms. The Balaban J connectivity index is 2.31. The molecule has 0 bridgehead atoms. The predicted octanol–water partition coefficient (Wildman–Crippen LogP) is 4.20. The number of hydrogen-bond acceptors (Lipinski definition) is 1. The van der Waals surface area contributed by atoms with Crippen LogP contribution in [0.2, 0.25) is 0 Å². The Bertz CT molecular complexity index is 202. The van der Waals surface area contributed by atoms with Crippen molar-refractivity contribution in [2.24, 2.45) is 0 Å². The number of alkyl halides is 4. The summed E-state index contributed by atoms with van der Waals surface area (Å²) in [4.78, 5) is 2.15. The van der Waals surface area contributed by atoms with E-state index in [4.69, 9.17) is 11.6 Å². The molecule has 0 N–H and O–H groups in total. The summed E-state index contributed by atoms with van der Waals surface area (Å²) in [7, 11) is 0. The SMILES string of the molecule is FC(F)(F)CCCN(CCCl)C1CCCCC1. The Hall–Kier alpha value is 0.0400. The van der Waals surface area contributed by atoms with Crippen molar-refractivity contribution in [2.45, 2.75) is 57.2 Å². The maximum Gasteiger partial charge on any atom is 0.389 e. The van der Waals surface area contributed by atoms with Crippen molar-refractivity contribution < 1.29 is 13.2 Å². The molecule has 0 atom stereocenters. The third kappa shape index (κ3) is 6.51. The van der Waals surface area contributed by atoms with Crippen LogP contribution in [0.4, 0.5) is 13.2 Å². The van der Waals surface area contributed by atoms with E-state index in [2.05, 4.69) is 4.90 Å². The molecule has 0 radical (unpaired) electrons. The molecule has 0 aliphatic heterocycles. The molecule has 1 nitrogen and oxygen atoms in total. The molecular formula is C12H21ClF3N. The van der Waals surface area contributed by atoms with Crippen molar-refractivity contribution in [3.05, 3.63) is 0 Å². The standard InChI is InChI=1S/C12H21ClF3N/c13-8-10-17(9-4-7-12(14,15)16)11-5-2-1-3-6-11/h11H,1-10H2. The summed E-state index contributed by atoms with van der Waals surface area (Å²) in [5.41, 5.74) is 0. The van der Waals surface area contributed by atoms with Crippen molar-refractivity contribution in [1.82, 2.24) is 4.90 Å². The van der Waals surface area contributed by atoms with Gasteiger partial charge in [-0.15, -0.1) is 11.6 Å². The second-order valence-electron chi connectivity index (χ2n) is 4.74. The van der Waals surface area contributed by atoms with Gasteiger partial charge in [-0.25, -0.2) is 0 Å². The highest BCUT2D eigenvalue weighted by atomic mass is 35.5. The summed E-state index contributed by atoms with van der Waals surface area (Å²) in [5.74, 6) is 0.502. The van der Waals surface area contributed by atoms with Crippen LogP contribution in [-0.4, -0.2) is 36.1 Å². The highest BCUT2D eigenvalue weighted by molar-refractivity contribution is 6.18. The second kappa shape index (κ2) is 7.47.